The van der Waals surface area contributed by atoms with E-state index in [4.69, 9.17) is 17.3 Å². The molecule has 0 amide bonds. The average Bonchev–Trinajstić information content (AvgIpc) is 1.77. The zero-order valence-corrected chi connectivity index (χ0v) is 5.37. The molecule has 0 aromatic rings. The molecule has 1 atom stereocenters. The van der Waals surface area contributed by atoms with Crippen LogP contribution in [0.4, 0.5) is 0 Å². The normalized spacial score (nSPS) is 29.6. The van der Waals surface area contributed by atoms with E-state index in [1.165, 1.54) is 0 Å². The van der Waals surface area contributed by atoms with E-state index in [0.717, 1.165) is 17.8 Å². The minimum atomic E-state index is -0.179. The summed E-state index contributed by atoms with van der Waals surface area (Å²) in [7, 11) is 0. The number of hydrogen-bond donors (Lipinski definition) is 2. The van der Waals surface area contributed by atoms with Crippen LogP contribution in [0.1, 0.15) is 12.8 Å². The summed E-state index contributed by atoms with van der Waals surface area (Å²) in [4.78, 5) is 0.885. The molecule has 1 aliphatic rings. The molecule has 0 spiro atoms. The first-order chi connectivity index (χ1) is 3.79. The summed E-state index contributed by atoms with van der Waals surface area (Å²) in [5.74, 6) is 0. The van der Waals surface area contributed by atoms with Gasteiger partial charge < -0.3 is 10.4 Å². The summed E-state index contributed by atoms with van der Waals surface area (Å²) < 4.78 is 0. The highest BCUT2D eigenvalue weighted by Gasteiger charge is 2.11. The van der Waals surface area contributed by atoms with Gasteiger partial charge in [-0.15, -0.1) is 0 Å². The van der Waals surface area contributed by atoms with Crippen molar-refractivity contribution in [1.82, 2.24) is 5.32 Å². The molecule has 2 nitrogen and oxygen atoms in total. The Labute approximate surface area is 53.9 Å². The Balaban J connectivity index is 2.29. The number of aliphatic hydroxyl groups excluding tert-OH is 1. The molecule has 0 saturated carbocycles. The molecule has 1 heterocycles. The van der Waals surface area contributed by atoms with Crippen LogP contribution in [-0.2, 0) is 0 Å². The Kier molecular flexibility index (Phi) is 1.81. The number of hydrogen-bond acceptors (Lipinski definition) is 2. The fourth-order valence-corrected chi connectivity index (χ4v) is 0.921. The molecule has 0 aliphatic carbocycles. The highest BCUT2D eigenvalue weighted by Crippen LogP contribution is 2.02. The third kappa shape index (κ3) is 1.42. The van der Waals surface area contributed by atoms with Gasteiger partial charge in [-0.25, -0.2) is 0 Å². The van der Waals surface area contributed by atoms with Crippen molar-refractivity contribution in [2.75, 3.05) is 6.54 Å². The lowest BCUT2D eigenvalue weighted by molar-refractivity contribution is 0.163. The molecule has 0 radical (unpaired) electrons. The summed E-state index contributed by atoms with van der Waals surface area (Å²) in [5.41, 5.74) is 0. The number of rotatable bonds is 0. The quantitative estimate of drug-likeness (QED) is 0.456. The smallest absolute Gasteiger partial charge is 0.0755 e. The lowest BCUT2D eigenvalue weighted by Crippen LogP contribution is -2.36. The van der Waals surface area contributed by atoms with Crippen LogP contribution in [0.25, 0.3) is 0 Å². The lowest BCUT2D eigenvalue weighted by atomic mass is 10.1. The molecule has 1 saturated heterocycles. The molecule has 0 aromatic carbocycles. The number of aliphatic hydroxyl groups is 1. The second-order valence-corrected chi connectivity index (χ2v) is 2.49. The van der Waals surface area contributed by atoms with Gasteiger partial charge in [0.15, 0.2) is 0 Å². The Morgan fingerprint density at radius 3 is 2.88 bits per heavy atom. The molecular weight excluding hydrogens is 122 g/mol. The molecule has 1 rings (SSSR count). The van der Waals surface area contributed by atoms with Crippen molar-refractivity contribution in [3.8, 4) is 0 Å². The van der Waals surface area contributed by atoms with Crippen LogP contribution in [0.3, 0.4) is 0 Å². The molecule has 1 aliphatic heterocycles. The number of nitrogens with one attached hydrogen (secondary N) is 1. The number of piperidine rings is 1. The maximum Gasteiger partial charge on any atom is 0.0755 e. The van der Waals surface area contributed by atoms with Crippen LogP contribution >= 0.6 is 12.2 Å². The van der Waals surface area contributed by atoms with Crippen molar-refractivity contribution in [1.29, 1.82) is 0 Å². The minimum absolute atomic E-state index is 0.179. The Hall–Kier alpha value is -0.150. The molecule has 1 fully saturated rings. The topological polar surface area (TPSA) is 32.3 Å². The summed E-state index contributed by atoms with van der Waals surface area (Å²) in [5, 5.41) is 11.8. The fourth-order valence-electron chi connectivity index (χ4n) is 0.720. The summed E-state index contributed by atoms with van der Waals surface area (Å²) >= 11 is 4.84. The average molecular weight is 131 g/mol. The van der Waals surface area contributed by atoms with E-state index in [-0.39, 0.29) is 6.10 Å². The van der Waals surface area contributed by atoms with Gasteiger partial charge in [-0.05, 0) is 6.42 Å². The third-order valence-electron chi connectivity index (χ3n) is 1.24. The molecule has 46 valence electrons. The van der Waals surface area contributed by atoms with Gasteiger partial charge in [0.25, 0.3) is 0 Å². The van der Waals surface area contributed by atoms with Crippen molar-refractivity contribution in [3.05, 3.63) is 0 Å². The monoisotopic (exact) mass is 131 g/mol. The van der Waals surface area contributed by atoms with Gasteiger partial charge in [-0.3, -0.25) is 0 Å². The van der Waals surface area contributed by atoms with E-state index < -0.39 is 0 Å². The Bertz CT molecular complexity index is 94.6. The highest BCUT2D eigenvalue weighted by atomic mass is 32.1. The van der Waals surface area contributed by atoms with Crippen LogP contribution in [0.2, 0.25) is 0 Å². The zero-order chi connectivity index (χ0) is 5.98. The van der Waals surface area contributed by atoms with Gasteiger partial charge in [0.2, 0.25) is 0 Å². The van der Waals surface area contributed by atoms with Gasteiger partial charge in [-0.2, -0.15) is 0 Å². The standard InChI is InChI=1S/C5H9NOS/c7-4-1-2-5(8)6-3-4/h4,7H,1-3H2,(H,6,8). The zero-order valence-electron chi connectivity index (χ0n) is 4.55. The molecule has 0 aromatic heterocycles. The van der Waals surface area contributed by atoms with Crippen molar-refractivity contribution in [3.63, 3.8) is 0 Å². The van der Waals surface area contributed by atoms with Gasteiger partial charge in [0.05, 0.1) is 11.1 Å². The molecule has 2 N–H and O–H groups in total. The Morgan fingerprint density at radius 1 is 1.75 bits per heavy atom. The molecular formula is C5H9NOS. The van der Waals surface area contributed by atoms with E-state index in [1.807, 2.05) is 0 Å². The van der Waals surface area contributed by atoms with Crippen LogP contribution in [0, 0.1) is 0 Å². The Morgan fingerprint density at radius 2 is 2.50 bits per heavy atom. The van der Waals surface area contributed by atoms with E-state index in [2.05, 4.69) is 5.32 Å². The number of thiocarbonyl (C=S) groups is 1. The first kappa shape index (κ1) is 5.98. The lowest BCUT2D eigenvalue weighted by Gasteiger charge is -2.18. The van der Waals surface area contributed by atoms with Crippen LogP contribution in [0.5, 0.6) is 0 Å². The predicted octanol–water partition coefficient (Wildman–Crippen LogP) is 0.0581. The molecule has 3 heteroatoms. The minimum Gasteiger partial charge on any atom is -0.391 e. The number of β-amino-alcohol motifs (C(OH)–C–C–N with tert-alkyl or cyclic N) is 1. The maximum absolute atomic E-state index is 8.90. The first-order valence-corrected chi connectivity index (χ1v) is 3.14. The SMILES string of the molecule is OC1CCC(=S)NC1. The van der Waals surface area contributed by atoms with Crippen LogP contribution in [0.15, 0.2) is 0 Å². The van der Waals surface area contributed by atoms with Crippen molar-refractivity contribution in [2.45, 2.75) is 18.9 Å². The predicted molar refractivity (Wildman–Crippen MR) is 35.8 cm³/mol. The van der Waals surface area contributed by atoms with E-state index >= 15 is 0 Å². The van der Waals surface area contributed by atoms with E-state index in [9.17, 15) is 0 Å². The first-order valence-electron chi connectivity index (χ1n) is 2.74. The largest absolute Gasteiger partial charge is 0.391 e. The summed E-state index contributed by atoms with van der Waals surface area (Å²) in [6.07, 6.45) is 1.49. The summed E-state index contributed by atoms with van der Waals surface area (Å²) in [6, 6.07) is 0. The van der Waals surface area contributed by atoms with Gasteiger partial charge in [-0.1, -0.05) is 12.2 Å². The van der Waals surface area contributed by atoms with Crippen molar-refractivity contribution >= 4 is 17.2 Å². The van der Waals surface area contributed by atoms with Crippen molar-refractivity contribution < 1.29 is 5.11 Å². The second kappa shape index (κ2) is 2.42. The third-order valence-corrected chi connectivity index (χ3v) is 1.59. The van der Waals surface area contributed by atoms with E-state index in [1.54, 1.807) is 0 Å². The molecule has 8 heavy (non-hydrogen) atoms. The molecule has 1 unspecified atom stereocenters. The molecule has 0 bridgehead atoms. The van der Waals surface area contributed by atoms with Crippen molar-refractivity contribution in [2.24, 2.45) is 0 Å². The second-order valence-electron chi connectivity index (χ2n) is 2.00. The van der Waals surface area contributed by atoms with Crippen LogP contribution < -0.4 is 5.32 Å². The highest BCUT2D eigenvalue weighted by molar-refractivity contribution is 7.80. The maximum atomic E-state index is 8.90. The fraction of sp³-hybridized carbons (Fsp3) is 0.800. The van der Waals surface area contributed by atoms with Gasteiger partial charge in [0.1, 0.15) is 0 Å². The van der Waals surface area contributed by atoms with E-state index in [0.29, 0.717) is 6.54 Å². The summed E-state index contributed by atoms with van der Waals surface area (Å²) in [6.45, 7) is 0.638. The van der Waals surface area contributed by atoms with Gasteiger partial charge in [0, 0.05) is 13.0 Å². The van der Waals surface area contributed by atoms with Crippen LogP contribution in [-0.4, -0.2) is 22.7 Å². The van der Waals surface area contributed by atoms with Gasteiger partial charge >= 0.3 is 0 Å².